The standard InChI is InChI=1S/C18H19N3O3/c1-3-12-21(2)18(23)20-13-8-10-14(11-9-13)24-16-7-5-4-6-15(16)17(19)22/h3-11H,1,12H2,2H3,(H2,19,22)(H,20,23). The number of carbonyl (C=O) groups excluding carboxylic acids is 2. The fourth-order valence-corrected chi connectivity index (χ4v) is 1.99. The highest BCUT2D eigenvalue weighted by Gasteiger charge is 2.10. The second kappa shape index (κ2) is 7.82. The predicted octanol–water partition coefficient (Wildman–Crippen LogP) is 3.23. The molecule has 2 aromatic carbocycles. The van der Waals surface area contributed by atoms with Crippen LogP contribution in [0.3, 0.4) is 0 Å². The molecule has 0 saturated heterocycles. The Labute approximate surface area is 140 Å². The summed E-state index contributed by atoms with van der Waals surface area (Å²) in [6.45, 7) is 4.05. The number of carbonyl (C=O) groups is 2. The Kier molecular flexibility index (Phi) is 5.57. The normalized spacial score (nSPS) is 9.88. The van der Waals surface area contributed by atoms with Crippen molar-refractivity contribution in [2.75, 3.05) is 18.9 Å². The van der Waals surface area contributed by atoms with Crippen LogP contribution in [0.15, 0.2) is 61.2 Å². The minimum absolute atomic E-state index is 0.234. The fourth-order valence-electron chi connectivity index (χ4n) is 1.99. The average Bonchev–Trinajstić information content (AvgIpc) is 2.57. The molecule has 0 aliphatic rings. The molecule has 0 bridgehead atoms. The number of likely N-dealkylation sites (N-methyl/N-ethyl adjacent to an activating group) is 1. The van der Waals surface area contributed by atoms with Gasteiger partial charge in [-0.15, -0.1) is 6.58 Å². The first-order chi connectivity index (χ1) is 11.5. The van der Waals surface area contributed by atoms with Crippen LogP contribution in [0, 0.1) is 0 Å². The van der Waals surface area contributed by atoms with Crippen molar-refractivity contribution in [1.29, 1.82) is 0 Å². The van der Waals surface area contributed by atoms with Crippen LogP contribution in [-0.4, -0.2) is 30.4 Å². The van der Waals surface area contributed by atoms with Crippen molar-refractivity contribution in [1.82, 2.24) is 4.90 Å². The molecule has 2 rings (SSSR count). The molecule has 6 nitrogen and oxygen atoms in total. The maximum atomic E-state index is 11.9. The van der Waals surface area contributed by atoms with Gasteiger partial charge in [0.1, 0.15) is 11.5 Å². The van der Waals surface area contributed by atoms with E-state index in [-0.39, 0.29) is 6.03 Å². The van der Waals surface area contributed by atoms with E-state index < -0.39 is 5.91 Å². The van der Waals surface area contributed by atoms with Gasteiger partial charge in [0, 0.05) is 19.3 Å². The number of nitrogens with two attached hydrogens (primary N) is 1. The van der Waals surface area contributed by atoms with Crippen molar-refractivity contribution >= 4 is 17.6 Å². The molecule has 0 radical (unpaired) electrons. The Hall–Kier alpha value is -3.28. The third kappa shape index (κ3) is 4.36. The van der Waals surface area contributed by atoms with E-state index in [1.54, 1.807) is 61.7 Å². The SMILES string of the molecule is C=CCN(C)C(=O)Nc1ccc(Oc2ccccc2C(N)=O)cc1. The van der Waals surface area contributed by atoms with Crippen LogP contribution in [0.5, 0.6) is 11.5 Å². The lowest BCUT2D eigenvalue weighted by Crippen LogP contribution is -2.31. The Balaban J connectivity index is 2.06. The molecule has 124 valence electrons. The summed E-state index contributed by atoms with van der Waals surface area (Å²) < 4.78 is 5.68. The zero-order valence-electron chi connectivity index (χ0n) is 13.4. The van der Waals surface area contributed by atoms with E-state index in [1.807, 2.05) is 0 Å². The maximum absolute atomic E-state index is 11.9. The summed E-state index contributed by atoms with van der Waals surface area (Å²) in [6, 6.07) is 13.3. The lowest BCUT2D eigenvalue weighted by Gasteiger charge is -2.16. The largest absolute Gasteiger partial charge is 0.457 e. The summed E-state index contributed by atoms with van der Waals surface area (Å²) >= 11 is 0. The number of primary amides is 1. The molecule has 24 heavy (non-hydrogen) atoms. The number of benzene rings is 2. The molecule has 0 fully saturated rings. The molecule has 0 atom stereocenters. The van der Waals surface area contributed by atoms with Gasteiger partial charge in [-0.05, 0) is 36.4 Å². The number of anilines is 1. The predicted molar refractivity (Wildman–Crippen MR) is 93.3 cm³/mol. The van der Waals surface area contributed by atoms with E-state index in [2.05, 4.69) is 11.9 Å². The van der Waals surface area contributed by atoms with Crippen molar-refractivity contribution in [2.24, 2.45) is 5.73 Å². The van der Waals surface area contributed by atoms with Gasteiger partial charge in [0.15, 0.2) is 0 Å². The molecule has 0 spiro atoms. The minimum atomic E-state index is -0.556. The van der Waals surface area contributed by atoms with Crippen molar-refractivity contribution in [3.05, 3.63) is 66.7 Å². The van der Waals surface area contributed by atoms with E-state index in [1.165, 1.54) is 4.90 Å². The zero-order valence-corrected chi connectivity index (χ0v) is 13.4. The van der Waals surface area contributed by atoms with E-state index in [9.17, 15) is 9.59 Å². The molecular weight excluding hydrogens is 306 g/mol. The number of ether oxygens (including phenoxy) is 1. The number of rotatable bonds is 6. The van der Waals surface area contributed by atoms with E-state index in [4.69, 9.17) is 10.5 Å². The molecule has 0 saturated carbocycles. The van der Waals surface area contributed by atoms with Gasteiger partial charge in [0.25, 0.3) is 5.91 Å². The highest BCUT2D eigenvalue weighted by atomic mass is 16.5. The first-order valence-electron chi connectivity index (χ1n) is 7.31. The second-order valence-electron chi connectivity index (χ2n) is 5.09. The molecule has 3 amide bonds. The topological polar surface area (TPSA) is 84.7 Å². The summed E-state index contributed by atoms with van der Waals surface area (Å²) in [5.41, 5.74) is 6.26. The summed E-state index contributed by atoms with van der Waals surface area (Å²) in [5, 5.41) is 2.76. The smallest absolute Gasteiger partial charge is 0.321 e. The van der Waals surface area contributed by atoms with Gasteiger partial charge in [0.05, 0.1) is 5.56 Å². The molecule has 0 aliphatic heterocycles. The van der Waals surface area contributed by atoms with Gasteiger partial charge >= 0.3 is 6.03 Å². The van der Waals surface area contributed by atoms with Crippen LogP contribution in [0.2, 0.25) is 0 Å². The number of amides is 3. The molecular formula is C18H19N3O3. The number of hydrogen-bond acceptors (Lipinski definition) is 3. The second-order valence-corrected chi connectivity index (χ2v) is 5.09. The van der Waals surface area contributed by atoms with Gasteiger partial charge < -0.3 is 20.7 Å². The molecule has 2 aromatic rings. The average molecular weight is 325 g/mol. The van der Waals surface area contributed by atoms with Gasteiger partial charge in [-0.3, -0.25) is 4.79 Å². The van der Waals surface area contributed by atoms with Gasteiger partial charge in [0.2, 0.25) is 0 Å². The van der Waals surface area contributed by atoms with Gasteiger partial charge in [-0.1, -0.05) is 18.2 Å². The third-order valence-corrected chi connectivity index (χ3v) is 3.24. The summed E-state index contributed by atoms with van der Waals surface area (Å²) in [7, 11) is 1.68. The highest BCUT2D eigenvalue weighted by molar-refractivity contribution is 5.95. The molecule has 0 heterocycles. The maximum Gasteiger partial charge on any atom is 0.321 e. The van der Waals surface area contributed by atoms with E-state index >= 15 is 0 Å². The van der Waals surface area contributed by atoms with Crippen molar-refractivity contribution in [3.63, 3.8) is 0 Å². The number of hydrogen-bond donors (Lipinski definition) is 2. The van der Waals surface area contributed by atoms with Crippen molar-refractivity contribution < 1.29 is 14.3 Å². The molecule has 0 aliphatic carbocycles. The van der Waals surface area contributed by atoms with Crippen molar-refractivity contribution in [3.8, 4) is 11.5 Å². The Morgan fingerprint density at radius 1 is 1.21 bits per heavy atom. The molecule has 3 N–H and O–H groups in total. The quantitative estimate of drug-likeness (QED) is 0.800. The van der Waals surface area contributed by atoms with E-state index in [0.717, 1.165) is 0 Å². The third-order valence-electron chi connectivity index (χ3n) is 3.24. The number of urea groups is 1. The molecule has 6 heteroatoms. The van der Waals surface area contributed by atoms with Crippen LogP contribution in [-0.2, 0) is 0 Å². The van der Waals surface area contributed by atoms with Crippen LogP contribution < -0.4 is 15.8 Å². The first-order valence-corrected chi connectivity index (χ1v) is 7.31. The monoisotopic (exact) mass is 325 g/mol. The van der Waals surface area contributed by atoms with Crippen LogP contribution in [0.25, 0.3) is 0 Å². The lowest BCUT2D eigenvalue weighted by atomic mass is 10.2. The van der Waals surface area contributed by atoms with Crippen LogP contribution in [0.4, 0.5) is 10.5 Å². The van der Waals surface area contributed by atoms with Gasteiger partial charge in [-0.2, -0.15) is 0 Å². The Bertz CT molecular complexity index is 741. The number of nitrogens with zero attached hydrogens (tertiary/aromatic N) is 1. The lowest BCUT2D eigenvalue weighted by molar-refractivity contribution is 0.0998. The Morgan fingerprint density at radius 3 is 2.50 bits per heavy atom. The summed E-state index contributed by atoms with van der Waals surface area (Å²) in [6.07, 6.45) is 1.65. The number of para-hydroxylation sites is 1. The fraction of sp³-hybridized carbons (Fsp3) is 0.111. The summed E-state index contributed by atoms with van der Waals surface area (Å²) in [4.78, 5) is 24.8. The highest BCUT2D eigenvalue weighted by Crippen LogP contribution is 2.26. The number of nitrogens with one attached hydrogen (secondary N) is 1. The van der Waals surface area contributed by atoms with Gasteiger partial charge in [-0.25, -0.2) is 4.79 Å². The van der Waals surface area contributed by atoms with Crippen molar-refractivity contribution in [2.45, 2.75) is 0 Å². The Morgan fingerprint density at radius 2 is 1.88 bits per heavy atom. The zero-order chi connectivity index (χ0) is 17.5. The summed E-state index contributed by atoms with van der Waals surface area (Å²) in [5.74, 6) is 0.355. The molecule has 0 unspecified atom stereocenters. The minimum Gasteiger partial charge on any atom is -0.457 e. The molecule has 0 aromatic heterocycles. The van der Waals surface area contributed by atoms with Crippen LogP contribution >= 0.6 is 0 Å². The van der Waals surface area contributed by atoms with E-state index in [0.29, 0.717) is 29.3 Å². The first kappa shape index (κ1) is 17.1. The van der Waals surface area contributed by atoms with Crippen LogP contribution in [0.1, 0.15) is 10.4 Å².